The molecule has 1 aromatic heterocycles. The van der Waals surface area contributed by atoms with Crippen LogP contribution in [0.25, 0.3) is 0 Å². The van der Waals surface area contributed by atoms with E-state index >= 15 is 0 Å². The topological polar surface area (TPSA) is 62.3 Å². The number of amides is 2. The third kappa shape index (κ3) is 4.01. The summed E-state index contributed by atoms with van der Waals surface area (Å²) in [6.45, 7) is 3.05. The molecule has 29 heavy (non-hydrogen) atoms. The van der Waals surface area contributed by atoms with Crippen LogP contribution in [-0.2, 0) is 15.0 Å². The SMILES string of the molecule is Cc1cccc(NC(=O)C2CCCN(C(=O)C3(c4cccc(Cl)c4)CCC3)C2)n1. The maximum absolute atomic E-state index is 13.5. The highest BCUT2D eigenvalue weighted by Crippen LogP contribution is 2.46. The van der Waals surface area contributed by atoms with Crippen molar-refractivity contribution in [3.8, 4) is 0 Å². The van der Waals surface area contributed by atoms with Gasteiger partial charge in [-0.2, -0.15) is 0 Å². The van der Waals surface area contributed by atoms with Crippen molar-refractivity contribution in [3.05, 3.63) is 58.7 Å². The molecule has 1 aromatic carbocycles. The number of piperidine rings is 1. The molecule has 1 N–H and O–H groups in total. The van der Waals surface area contributed by atoms with E-state index in [1.54, 1.807) is 6.07 Å². The number of halogens is 1. The van der Waals surface area contributed by atoms with E-state index in [1.807, 2.05) is 48.2 Å². The zero-order valence-electron chi connectivity index (χ0n) is 16.7. The molecule has 1 atom stereocenters. The summed E-state index contributed by atoms with van der Waals surface area (Å²) in [5.41, 5.74) is 1.37. The van der Waals surface area contributed by atoms with Crippen LogP contribution in [0.5, 0.6) is 0 Å². The number of hydrogen-bond acceptors (Lipinski definition) is 3. The molecule has 4 rings (SSSR count). The number of pyridine rings is 1. The van der Waals surface area contributed by atoms with Crippen molar-refractivity contribution in [1.29, 1.82) is 0 Å². The lowest BCUT2D eigenvalue weighted by molar-refractivity contribution is -0.143. The minimum absolute atomic E-state index is 0.0639. The lowest BCUT2D eigenvalue weighted by Crippen LogP contribution is -2.54. The minimum atomic E-state index is -0.485. The summed E-state index contributed by atoms with van der Waals surface area (Å²) in [4.78, 5) is 32.5. The van der Waals surface area contributed by atoms with Crippen molar-refractivity contribution in [2.75, 3.05) is 18.4 Å². The summed E-state index contributed by atoms with van der Waals surface area (Å²) in [6, 6.07) is 13.2. The number of nitrogens with one attached hydrogen (secondary N) is 1. The predicted molar refractivity (Wildman–Crippen MR) is 114 cm³/mol. The zero-order valence-corrected chi connectivity index (χ0v) is 17.4. The second-order valence-corrected chi connectivity index (χ2v) is 8.63. The van der Waals surface area contributed by atoms with Gasteiger partial charge in [-0.25, -0.2) is 4.98 Å². The van der Waals surface area contributed by atoms with Gasteiger partial charge in [-0.15, -0.1) is 0 Å². The van der Waals surface area contributed by atoms with E-state index < -0.39 is 5.41 Å². The first kappa shape index (κ1) is 19.9. The van der Waals surface area contributed by atoms with Crippen LogP contribution in [0, 0.1) is 12.8 Å². The number of nitrogens with zero attached hydrogens (tertiary/aromatic N) is 2. The van der Waals surface area contributed by atoms with Crippen LogP contribution in [-0.4, -0.2) is 34.8 Å². The molecule has 1 aliphatic heterocycles. The van der Waals surface area contributed by atoms with Crippen molar-refractivity contribution in [1.82, 2.24) is 9.88 Å². The molecule has 0 radical (unpaired) electrons. The fraction of sp³-hybridized carbons (Fsp3) is 0.435. The van der Waals surface area contributed by atoms with Crippen LogP contribution in [0.2, 0.25) is 5.02 Å². The zero-order chi connectivity index (χ0) is 20.4. The molecule has 1 unspecified atom stereocenters. The molecular formula is C23H26ClN3O2. The van der Waals surface area contributed by atoms with Crippen LogP contribution >= 0.6 is 11.6 Å². The Kier molecular flexibility index (Phi) is 5.59. The Morgan fingerprint density at radius 2 is 1.97 bits per heavy atom. The van der Waals surface area contributed by atoms with Gasteiger partial charge in [0.15, 0.2) is 0 Å². The van der Waals surface area contributed by atoms with E-state index in [0.29, 0.717) is 23.9 Å². The van der Waals surface area contributed by atoms with Gasteiger partial charge in [-0.1, -0.05) is 36.2 Å². The predicted octanol–water partition coefficient (Wildman–Crippen LogP) is 4.34. The van der Waals surface area contributed by atoms with Gasteiger partial charge < -0.3 is 10.2 Å². The molecule has 2 aromatic rings. The number of carbonyl (C=O) groups excluding carboxylic acids is 2. The number of aromatic nitrogens is 1. The van der Waals surface area contributed by atoms with Gasteiger partial charge in [-0.3, -0.25) is 9.59 Å². The quantitative estimate of drug-likeness (QED) is 0.813. The summed E-state index contributed by atoms with van der Waals surface area (Å²) in [5, 5.41) is 3.57. The first-order valence-corrected chi connectivity index (χ1v) is 10.7. The van der Waals surface area contributed by atoms with E-state index in [9.17, 15) is 9.59 Å². The Labute approximate surface area is 176 Å². The average molecular weight is 412 g/mol. The van der Waals surface area contributed by atoms with E-state index in [2.05, 4.69) is 10.3 Å². The van der Waals surface area contributed by atoms with Crippen LogP contribution in [0.4, 0.5) is 5.82 Å². The molecule has 0 spiro atoms. The van der Waals surface area contributed by atoms with Crippen molar-refractivity contribution >= 4 is 29.2 Å². The Balaban J connectivity index is 1.47. The Morgan fingerprint density at radius 3 is 2.66 bits per heavy atom. The second-order valence-electron chi connectivity index (χ2n) is 8.19. The molecule has 2 amide bonds. The van der Waals surface area contributed by atoms with E-state index in [0.717, 1.165) is 43.4 Å². The minimum Gasteiger partial charge on any atom is -0.341 e. The van der Waals surface area contributed by atoms with E-state index in [1.165, 1.54) is 0 Å². The Bertz CT molecular complexity index is 926. The maximum atomic E-state index is 13.5. The average Bonchev–Trinajstić information content (AvgIpc) is 2.67. The number of carbonyl (C=O) groups is 2. The normalized spacial score (nSPS) is 20.6. The summed E-state index contributed by atoms with van der Waals surface area (Å²) >= 11 is 6.19. The molecule has 0 bridgehead atoms. The highest BCUT2D eigenvalue weighted by Gasteiger charge is 2.48. The lowest BCUT2D eigenvalue weighted by Gasteiger charge is -2.45. The fourth-order valence-corrected chi connectivity index (χ4v) is 4.65. The van der Waals surface area contributed by atoms with Crippen LogP contribution in [0.3, 0.4) is 0 Å². The second kappa shape index (κ2) is 8.15. The van der Waals surface area contributed by atoms with Gasteiger partial charge in [0.25, 0.3) is 0 Å². The van der Waals surface area contributed by atoms with E-state index in [-0.39, 0.29) is 17.7 Å². The number of anilines is 1. The highest BCUT2D eigenvalue weighted by molar-refractivity contribution is 6.30. The molecule has 6 heteroatoms. The molecule has 2 aliphatic rings. The molecule has 152 valence electrons. The largest absolute Gasteiger partial charge is 0.341 e. The van der Waals surface area contributed by atoms with Gasteiger partial charge in [0.05, 0.1) is 11.3 Å². The molecule has 2 fully saturated rings. The maximum Gasteiger partial charge on any atom is 0.233 e. The van der Waals surface area contributed by atoms with Gasteiger partial charge in [0, 0.05) is 23.8 Å². The number of benzene rings is 1. The highest BCUT2D eigenvalue weighted by atomic mass is 35.5. The van der Waals surface area contributed by atoms with Gasteiger partial charge >= 0.3 is 0 Å². The van der Waals surface area contributed by atoms with Crippen molar-refractivity contribution in [2.24, 2.45) is 5.92 Å². The van der Waals surface area contributed by atoms with Crippen LogP contribution in [0.1, 0.15) is 43.4 Å². The number of hydrogen-bond donors (Lipinski definition) is 1. The Morgan fingerprint density at radius 1 is 1.17 bits per heavy atom. The molecule has 1 aliphatic carbocycles. The summed E-state index contributed by atoms with van der Waals surface area (Å²) in [7, 11) is 0. The number of likely N-dealkylation sites (tertiary alicyclic amines) is 1. The smallest absolute Gasteiger partial charge is 0.233 e. The van der Waals surface area contributed by atoms with Crippen molar-refractivity contribution < 1.29 is 9.59 Å². The summed E-state index contributed by atoms with van der Waals surface area (Å²) in [5.74, 6) is 0.419. The first-order chi connectivity index (χ1) is 14.0. The number of rotatable bonds is 4. The third-order valence-corrected chi connectivity index (χ3v) is 6.45. The van der Waals surface area contributed by atoms with Crippen molar-refractivity contribution in [2.45, 2.75) is 44.4 Å². The monoisotopic (exact) mass is 411 g/mol. The molecule has 2 heterocycles. The summed E-state index contributed by atoms with van der Waals surface area (Å²) in [6.07, 6.45) is 4.33. The van der Waals surface area contributed by atoms with Gasteiger partial charge in [-0.05, 0) is 62.4 Å². The lowest BCUT2D eigenvalue weighted by atomic mass is 9.63. The van der Waals surface area contributed by atoms with Gasteiger partial charge in [0.2, 0.25) is 11.8 Å². The van der Waals surface area contributed by atoms with Crippen LogP contribution in [0.15, 0.2) is 42.5 Å². The summed E-state index contributed by atoms with van der Waals surface area (Å²) < 4.78 is 0. The van der Waals surface area contributed by atoms with Crippen LogP contribution < -0.4 is 5.32 Å². The van der Waals surface area contributed by atoms with E-state index in [4.69, 9.17) is 11.6 Å². The first-order valence-electron chi connectivity index (χ1n) is 10.3. The third-order valence-electron chi connectivity index (χ3n) is 6.21. The Hall–Kier alpha value is -2.40. The molecule has 1 saturated carbocycles. The fourth-order valence-electron chi connectivity index (χ4n) is 4.46. The standard InChI is InChI=1S/C23H26ClN3O2/c1-16-6-2-10-20(25-16)26-21(28)17-7-4-13-27(15-17)22(29)23(11-5-12-23)18-8-3-9-19(24)14-18/h2-3,6,8-10,14,17H,4-5,7,11-13,15H2,1H3,(H,25,26,28). The molecule has 1 saturated heterocycles. The van der Waals surface area contributed by atoms with Crippen molar-refractivity contribution in [3.63, 3.8) is 0 Å². The molecular weight excluding hydrogens is 386 g/mol. The van der Waals surface area contributed by atoms with Gasteiger partial charge in [0.1, 0.15) is 5.82 Å². The number of aryl methyl sites for hydroxylation is 1. The molecule has 5 nitrogen and oxygen atoms in total.